The summed E-state index contributed by atoms with van der Waals surface area (Å²) < 4.78 is 0. The topological polar surface area (TPSA) is 43.0 Å². The van der Waals surface area contributed by atoms with Gasteiger partial charge in [-0.2, -0.15) is 0 Å². The van der Waals surface area contributed by atoms with E-state index in [4.69, 9.17) is 16.3 Å². The van der Waals surface area contributed by atoms with E-state index in [1.165, 1.54) is 0 Å². The predicted molar refractivity (Wildman–Crippen MR) is 69.7 cm³/mol. The van der Waals surface area contributed by atoms with Gasteiger partial charge >= 0.3 is 0 Å². The first-order chi connectivity index (χ1) is 8.58. The molecule has 0 atom stereocenters. The molecule has 0 aliphatic heterocycles. The molecule has 18 heavy (non-hydrogen) atoms. The molecule has 0 saturated heterocycles. The zero-order chi connectivity index (χ0) is 13.5. The van der Waals surface area contributed by atoms with Gasteiger partial charge < -0.3 is 5.11 Å². The van der Waals surface area contributed by atoms with Crippen LogP contribution in [0.5, 0.6) is 5.75 Å². The Morgan fingerprint density at radius 1 is 1.33 bits per heavy atom. The zero-order valence-electron chi connectivity index (χ0n) is 10.9. The first-order valence-electron chi connectivity index (χ1n) is 5.71. The van der Waals surface area contributed by atoms with Crippen molar-refractivity contribution in [2.75, 3.05) is 13.2 Å². The summed E-state index contributed by atoms with van der Waals surface area (Å²) in [6.07, 6.45) is 1.73. The lowest BCUT2D eigenvalue weighted by atomic mass is 10.1. The smallest absolute Gasteiger partial charge is 0.194 e. The molecule has 1 aromatic rings. The highest BCUT2D eigenvalue weighted by Crippen LogP contribution is 2.24. The van der Waals surface area contributed by atoms with Crippen molar-refractivity contribution in [1.82, 2.24) is 0 Å². The molecule has 0 aliphatic rings. The van der Waals surface area contributed by atoms with Crippen LogP contribution in [0.1, 0.15) is 23.6 Å². The third-order valence-corrected chi connectivity index (χ3v) is 2.40. The van der Waals surface area contributed by atoms with Gasteiger partial charge in [-0.1, -0.05) is 6.08 Å². The van der Waals surface area contributed by atoms with Gasteiger partial charge in [-0.05, 0) is 49.6 Å². The van der Waals surface area contributed by atoms with E-state index in [9.17, 15) is 5.11 Å². The molecule has 0 heterocycles. The van der Waals surface area contributed by atoms with Crippen molar-refractivity contribution in [3.05, 3.63) is 45.9 Å². The molecule has 0 aromatic heterocycles. The quantitative estimate of drug-likeness (QED) is 0.376. The van der Waals surface area contributed by atoms with Crippen molar-refractivity contribution < 1.29 is 14.9 Å². The van der Waals surface area contributed by atoms with Crippen LogP contribution in [0.2, 0.25) is 0 Å². The van der Waals surface area contributed by atoms with E-state index in [-0.39, 0.29) is 6.61 Å². The van der Waals surface area contributed by atoms with Crippen molar-refractivity contribution in [1.29, 1.82) is 0 Å². The maximum absolute atomic E-state index is 9.67. The van der Waals surface area contributed by atoms with Crippen LogP contribution >= 0.6 is 0 Å². The number of phenolic OH excluding ortho intramolecular Hbond substituents is 1. The number of hydrogen-bond donors (Lipinski definition) is 1. The maximum atomic E-state index is 9.67. The fourth-order valence-corrected chi connectivity index (χ4v) is 1.56. The average molecular weight is 247 g/mol. The maximum Gasteiger partial charge on any atom is 0.194 e. The summed E-state index contributed by atoms with van der Waals surface area (Å²) in [5.41, 5.74) is 2.90. The number of phenols is 1. The summed E-state index contributed by atoms with van der Waals surface area (Å²) in [4.78, 5) is 13.0. The lowest BCUT2D eigenvalue weighted by molar-refractivity contribution is -0.283. The van der Waals surface area contributed by atoms with Crippen LogP contribution < -0.4 is 0 Å². The minimum Gasteiger partial charge on any atom is -0.507 e. The van der Waals surface area contributed by atoms with Crippen LogP contribution in [0.25, 0.3) is 10.9 Å². The molecular weight excluding hydrogens is 230 g/mol. The summed E-state index contributed by atoms with van der Waals surface area (Å²) >= 11 is 0. The molecule has 0 bridgehead atoms. The minimum atomic E-state index is 0.121. The zero-order valence-corrected chi connectivity index (χ0v) is 10.9. The number of benzene rings is 1. The first-order valence-corrected chi connectivity index (χ1v) is 5.71. The second kappa shape index (κ2) is 6.80. The van der Waals surface area contributed by atoms with Crippen LogP contribution in [-0.4, -0.2) is 18.3 Å². The summed E-state index contributed by atoms with van der Waals surface area (Å²) in [6, 6.07) is 3.66. The highest BCUT2D eigenvalue weighted by molar-refractivity contribution is 5.59. The summed E-state index contributed by atoms with van der Waals surface area (Å²) in [5.74, 6) is 0.294. The minimum absolute atomic E-state index is 0.121. The normalized spacial score (nSPS) is 11.3. The van der Waals surface area contributed by atoms with Gasteiger partial charge in [-0.25, -0.2) is 14.6 Å². The lowest BCUT2D eigenvalue weighted by Crippen LogP contribution is -1.97. The van der Waals surface area contributed by atoms with Gasteiger partial charge in [0.1, 0.15) is 12.4 Å². The molecule has 0 amide bonds. The Balaban J connectivity index is 2.89. The predicted octanol–water partition coefficient (Wildman–Crippen LogP) is 3.24. The Morgan fingerprint density at radius 2 is 1.94 bits per heavy atom. The fourth-order valence-electron chi connectivity index (χ4n) is 1.56. The van der Waals surface area contributed by atoms with Gasteiger partial charge in [-0.15, -0.1) is 0 Å². The summed E-state index contributed by atoms with van der Waals surface area (Å²) in [7, 11) is 0. The van der Waals surface area contributed by atoms with E-state index in [1.54, 1.807) is 6.08 Å². The van der Waals surface area contributed by atoms with E-state index in [0.29, 0.717) is 18.1 Å². The van der Waals surface area contributed by atoms with Crippen LogP contribution in [0.3, 0.4) is 0 Å². The van der Waals surface area contributed by atoms with E-state index in [0.717, 1.165) is 16.7 Å². The average Bonchev–Trinajstić information content (AvgIpc) is 2.34. The third kappa shape index (κ3) is 3.88. The molecule has 0 aliphatic carbocycles. The molecule has 4 heteroatoms. The molecule has 0 spiro atoms. The molecule has 1 aromatic carbocycles. The Hall–Kier alpha value is -1.83. The molecule has 96 valence electrons. The van der Waals surface area contributed by atoms with Crippen LogP contribution in [0.4, 0.5) is 0 Å². The van der Waals surface area contributed by atoms with E-state index in [2.05, 4.69) is 4.85 Å². The highest BCUT2D eigenvalue weighted by Gasteiger charge is 2.04. The lowest BCUT2D eigenvalue weighted by Gasteiger charge is -2.06. The Labute approximate surface area is 107 Å². The van der Waals surface area contributed by atoms with Gasteiger partial charge in [0, 0.05) is 0 Å². The van der Waals surface area contributed by atoms with Crippen molar-refractivity contribution in [2.24, 2.45) is 0 Å². The number of aromatic hydroxyl groups is 1. The van der Waals surface area contributed by atoms with Crippen LogP contribution in [-0.2, 0) is 9.78 Å². The number of nitrogens with zero attached hydrogens (tertiary/aromatic N) is 1. The number of aryl methyl sites for hydroxylation is 2. The molecule has 0 unspecified atom stereocenters. The van der Waals surface area contributed by atoms with Crippen molar-refractivity contribution in [3.63, 3.8) is 0 Å². The monoisotopic (exact) mass is 247 g/mol. The van der Waals surface area contributed by atoms with Gasteiger partial charge in [0.15, 0.2) is 5.70 Å². The SMILES string of the molecule is [C-]#[N+]C(=Cc1cc(C)c(O)c(C)c1)COOCC. The standard InChI is InChI=1S/C14H17NO3/c1-5-17-18-9-13(15-4)8-12-6-10(2)14(16)11(3)7-12/h6-8,16H,5,9H2,1-3H3. The first kappa shape index (κ1) is 14.2. The molecule has 4 nitrogen and oxygen atoms in total. The second-order valence-electron chi connectivity index (χ2n) is 3.92. The molecule has 0 radical (unpaired) electrons. The number of rotatable bonds is 5. The highest BCUT2D eigenvalue weighted by atomic mass is 17.2. The van der Waals surface area contributed by atoms with Crippen LogP contribution in [0.15, 0.2) is 17.8 Å². The Kier molecular flexibility index (Phi) is 5.37. The number of hydrogen-bond acceptors (Lipinski definition) is 3. The van der Waals surface area contributed by atoms with Gasteiger partial charge in [-0.3, -0.25) is 0 Å². The molecule has 0 fully saturated rings. The largest absolute Gasteiger partial charge is 0.507 e. The fraction of sp³-hybridized carbons (Fsp3) is 0.357. The Morgan fingerprint density at radius 3 is 2.44 bits per heavy atom. The second-order valence-corrected chi connectivity index (χ2v) is 3.92. The van der Waals surface area contributed by atoms with Crippen molar-refractivity contribution >= 4 is 6.08 Å². The van der Waals surface area contributed by atoms with Crippen molar-refractivity contribution in [2.45, 2.75) is 20.8 Å². The molecular formula is C14H17NO3. The van der Waals surface area contributed by atoms with Gasteiger partial charge in [0.2, 0.25) is 0 Å². The Bertz CT molecular complexity index is 463. The third-order valence-electron chi connectivity index (χ3n) is 2.40. The summed E-state index contributed by atoms with van der Waals surface area (Å²) in [5, 5.41) is 9.67. The van der Waals surface area contributed by atoms with E-state index >= 15 is 0 Å². The van der Waals surface area contributed by atoms with Crippen molar-refractivity contribution in [3.8, 4) is 5.75 Å². The summed E-state index contributed by atoms with van der Waals surface area (Å²) in [6.45, 7) is 13.1. The van der Waals surface area contributed by atoms with Gasteiger partial charge in [0.25, 0.3) is 0 Å². The van der Waals surface area contributed by atoms with Crippen LogP contribution in [0, 0.1) is 20.4 Å². The molecule has 0 saturated carbocycles. The molecule has 1 N–H and O–H groups in total. The van der Waals surface area contributed by atoms with E-state index < -0.39 is 0 Å². The van der Waals surface area contributed by atoms with Gasteiger partial charge in [0.05, 0.1) is 13.2 Å². The van der Waals surface area contributed by atoms with E-state index in [1.807, 2.05) is 32.9 Å². The molecule has 1 rings (SSSR count).